The molecular formula is C10H21NO. The third-order valence-corrected chi connectivity index (χ3v) is 2.88. The van der Waals surface area contributed by atoms with Gasteiger partial charge in [0.2, 0.25) is 0 Å². The van der Waals surface area contributed by atoms with Crippen molar-refractivity contribution in [3.63, 3.8) is 0 Å². The maximum atomic E-state index is 8.99. The van der Waals surface area contributed by atoms with Crippen LogP contribution >= 0.6 is 0 Å². The molecule has 0 unspecified atom stereocenters. The van der Waals surface area contributed by atoms with Crippen LogP contribution in [0.1, 0.15) is 39.5 Å². The summed E-state index contributed by atoms with van der Waals surface area (Å²) >= 11 is 0. The van der Waals surface area contributed by atoms with Crippen molar-refractivity contribution < 1.29 is 5.11 Å². The molecular weight excluding hydrogens is 150 g/mol. The summed E-state index contributed by atoms with van der Waals surface area (Å²) in [6.45, 7) is 4.70. The number of nitrogens with one attached hydrogen (secondary N) is 1. The van der Waals surface area contributed by atoms with E-state index in [4.69, 9.17) is 5.11 Å². The van der Waals surface area contributed by atoms with Crippen molar-refractivity contribution in [2.75, 3.05) is 6.61 Å². The Labute approximate surface area is 75.4 Å². The topological polar surface area (TPSA) is 32.3 Å². The molecule has 0 saturated heterocycles. The van der Waals surface area contributed by atoms with Gasteiger partial charge in [-0.15, -0.1) is 0 Å². The molecule has 0 spiro atoms. The predicted molar refractivity (Wildman–Crippen MR) is 51.1 cm³/mol. The molecule has 2 N–H and O–H groups in total. The Hall–Kier alpha value is -0.0800. The van der Waals surface area contributed by atoms with Gasteiger partial charge >= 0.3 is 0 Å². The first kappa shape index (κ1) is 10.0. The summed E-state index contributed by atoms with van der Waals surface area (Å²) in [5, 5.41) is 12.5. The quantitative estimate of drug-likeness (QED) is 0.672. The van der Waals surface area contributed by atoms with Gasteiger partial charge in [-0.05, 0) is 31.6 Å². The molecule has 0 heterocycles. The monoisotopic (exact) mass is 171 g/mol. The second-order valence-corrected chi connectivity index (χ2v) is 4.07. The number of hydrogen-bond donors (Lipinski definition) is 2. The molecule has 1 fully saturated rings. The van der Waals surface area contributed by atoms with Crippen LogP contribution < -0.4 is 5.32 Å². The first-order valence-electron chi connectivity index (χ1n) is 5.13. The highest BCUT2D eigenvalue weighted by molar-refractivity contribution is 4.81. The second-order valence-electron chi connectivity index (χ2n) is 4.07. The predicted octanol–water partition coefficient (Wildman–Crippen LogP) is 1.54. The van der Waals surface area contributed by atoms with Gasteiger partial charge in [-0.1, -0.05) is 13.8 Å². The minimum Gasteiger partial charge on any atom is -0.395 e. The van der Waals surface area contributed by atoms with E-state index in [-0.39, 0.29) is 6.61 Å². The molecule has 0 amide bonds. The average Bonchev–Trinajstić information content (AvgIpc) is 2.47. The largest absolute Gasteiger partial charge is 0.395 e. The minimum absolute atomic E-state index is 0.279. The maximum Gasteiger partial charge on any atom is 0.0584 e. The number of rotatable bonds is 4. The van der Waals surface area contributed by atoms with Crippen molar-refractivity contribution in [3.05, 3.63) is 0 Å². The van der Waals surface area contributed by atoms with Crippen molar-refractivity contribution in [2.24, 2.45) is 5.92 Å². The van der Waals surface area contributed by atoms with Gasteiger partial charge in [-0.25, -0.2) is 0 Å². The zero-order chi connectivity index (χ0) is 8.97. The highest BCUT2D eigenvalue weighted by Crippen LogP contribution is 2.24. The fraction of sp³-hybridized carbons (Fsp3) is 1.00. The van der Waals surface area contributed by atoms with Crippen molar-refractivity contribution in [1.82, 2.24) is 5.32 Å². The Balaban J connectivity index is 2.21. The molecule has 2 heteroatoms. The van der Waals surface area contributed by atoms with E-state index in [1.165, 1.54) is 19.3 Å². The molecule has 0 aliphatic heterocycles. The van der Waals surface area contributed by atoms with Crippen LogP contribution in [-0.2, 0) is 0 Å². The normalized spacial score (nSPS) is 32.2. The van der Waals surface area contributed by atoms with Crippen molar-refractivity contribution in [1.29, 1.82) is 0 Å². The van der Waals surface area contributed by atoms with Gasteiger partial charge in [0, 0.05) is 12.1 Å². The SMILES string of the molecule is CC[C@H](CO)N[C@@H]1CC[C@@H](C)C1. The summed E-state index contributed by atoms with van der Waals surface area (Å²) in [7, 11) is 0. The van der Waals surface area contributed by atoms with Crippen molar-refractivity contribution in [3.8, 4) is 0 Å². The van der Waals surface area contributed by atoms with Gasteiger partial charge in [-0.3, -0.25) is 0 Å². The fourth-order valence-electron chi connectivity index (χ4n) is 1.99. The standard InChI is InChI=1S/C10H21NO/c1-3-9(7-12)11-10-5-4-8(2)6-10/h8-12H,3-7H2,1-2H3/t8-,9-,10-/m1/s1. The van der Waals surface area contributed by atoms with Crippen LogP contribution in [0.5, 0.6) is 0 Å². The van der Waals surface area contributed by atoms with Gasteiger partial charge in [0.1, 0.15) is 0 Å². The Morgan fingerprint density at radius 2 is 2.25 bits per heavy atom. The van der Waals surface area contributed by atoms with Gasteiger partial charge in [0.25, 0.3) is 0 Å². The molecule has 0 aromatic heterocycles. The zero-order valence-corrected chi connectivity index (χ0v) is 8.21. The summed E-state index contributed by atoms with van der Waals surface area (Å²) in [5.41, 5.74) is 0. The van der Waals surface area contributed by atoms with Crippen LogP contribution in [0.2, 0.25) is 0 Å². The van der Waals surface area contributed by atoms with Crippen LogP contribution in [0.25, 0.3) is 0 Å². The summed E-state index contributed by atoms with van der Waals surface area (Å²) in [5.74, 6) is 0.874. The lowest BCUT2D eigenvalue weighted by Gasteiger charge is -2.19. The molecule has 0 radical (unpaired) electrons. The Morgan fingerprint density at radius 3 is 2.67 bits per heavy atom. The van der Waals surface area contributed by atoms with Gasteiger partial charge in [0.05, 0.1) is 6.61 Å². The molecule has 12 heavy (non-hydrogen) atoms. The van der Waals surface area contributed by atoms with E-state index >= 15 is 0 Å². The third kappa shape index (κ3) is 2.76. The number of aliphatic hydroxyl groups is 1. The highest BCUT2D eigenvalue weighted by atomic mass is 16.3. The third-order valence-electron chi connectivity index (χ3n) is 2.88. The molecule has 0 bridgehead atoms. The fourth-order valence-corrected chi connectivity index (χ4v) is 1.99. The Kier molecular flexibility index (Phi) is 4.02. The van der Waals surface area contributed by atoms with E-state index in [9.17, 15) is 0 Å². The molecule has 1 saturated carbocycles. The smallest absolute Gasteiger partial charge is 0.0584 e. The van der Waals surface area contributed by atoms with Gasteiger partial charge in [-0.2, -0.15) is 0 Å². The molecule has 1 rings (SSSR count). The summed E-state index contributed by atoms with van der Waals surface area (Å²) < 4.78 is 0. The average molecular weight is 171 g/mol. The molecule has 72 valence electrons. The lowest BCUT2D eigenvalue weighted by Crippen LogP contribution is -2.38. The zero-order valence-electron chi connectivity index (χ0n) is 8.21. The molecule has 0 aromatic rings. The lowest BCUT2D eigenvalue weighted by atomic mass is 10.1. The van der Waals surface area contributed by atoms with Crippen LogP contribution in [0.15, 0.2) is 0 Å². The van der Waals surface area contributed by atoms with E-state index in [1.807, 2.05) is 0 Å². The van der Waals surface area contributed by atoms with Gasteiger partial charge in [0.15, 0.2) is 0 Å². The maximum absolute atomic E-state index is 8.99. The number of hydrogen-bond acceptors (Lipinski definition) is 2. The van der Waals surface area contributed by atoms with E-state index < -0.39 is 0 Å². The molecule has 2 nitrogen and oxygen atoms in total. The van der Waals surface area contributed by atoms with Gasteiger partial charge < -0.3 is 10.4 Å². The van der Waals surface area contributed by atoms with Crippen LogP contribution in [0.4, 0.5) is 0 Å². The highest BCUT2D eigenvalue weighted by Gasteiger charge is 2.22. The van der Waals surface area contributed by atoms with E-state index in [0.717, 1.165) is 12.3 Å². The Bertz CT molecular complexity index is 123. The van der Waals surface area contributed by atoms with E-state index in [2.05, 4.69) is 19.2 Å². The molecule has 1 aliphatic rings. The second kappa shape index (κ2) is 4.83. The van der Waals surface area contributed by atoms with Crippen LogP contribution in [0, 0.1) is 5.92 Å². The van der Waals surface area contributed by atoms with E-state index in [1.54, 1.807) is 0 Å². The first-order valence-corrected chi connectivity index (χ1v) is 5.13. The van der Waals surface area contributed by atoms with Crippen LogP contribution in [0.3, 0.4) is 0 Å². The Morgan fingerprint density at radius 1 is 1.50 bits per heavy atom. The summed E-state index contributed by atoms with van der Waals surface area (Å²) in [6, 6.07) is 0.984. The number of aliphatic hydroxyl groups excluding tert-OH is 1. The van der Waals surface area contributed by atoms with Crippen molar-refractivity contribution >= 4 is 0 Å². The van der Waals surface area contributed by atoms with Crippen LogP contribution in [-0.4, -0.2) is 23.8 Å². The van der Waals surface area contributed by atoms with E-state index in [0.29, 0.717) is 12.1 Å². The summed E-state index contributed by atoms with van der Waals surface area (Å²) in [6.07, 6.45) is 4.95. The van der Waals surface area contributed by atoms with Crippen molar-refractivity contribution in [2.45, 2.75) is 51.6 Å². The molecule has 0 aromatic carbocycles. The lowest BCUT2D eigenvalue weighted by molar-refractivity contribution is 0.227. The first-order chi connectivity index (χ1) is 5.76. The molecule has 1 aliphatic carbocycles. The minimum atomic E-state index is 0.279. The summed E-state index contributed by atoms with van der Waals surface area (Å²) in [4.78, 5) is 0. The molecule has 3 atom stereocenters.